The Bertz CT molecular complexity index is 919. The van der Waals surface area contributed by atoms with Crippen LogP contribution in [-0.2, 0) is 4.79 Å². The van der Waals surface area contributed by atoms with Crippen molar-refractivity contribution in [2.45, 2.75) is 19.9 Å². The Hall–Kier alpha value is -2.62. The number of nitrogens with zero attached hydrogens (tertiary/aromatic N) is 3. The molecular weight excluding hydrogens is 379 g/mol. The molecule has 28 heavy (non-hydrogen) atoms. The van der Waals surface area contributed by atoms with Crippen molar-refractivity contribution in [2.75, 3.05) is 36.4 Å². The summed E-state index contributed by atoms with van der Waals surface area (Å²) in [7, 11) is 0. The van der Waals surface area contributed by atoms with E-state index in [1.54, 1.807) is 24.3 Å². The van der Waals surface area contributed by atoms with Gasteiger partial charge in [0.15, 0.2) is 0 Å². The monoisotopic (exact) mass is 400 g/mol. The highest BCUT2D eigenvalue weighted by atomic mass is 35.5. The lowest BCUT2D eigenvalue weighted by Gasteiger charge is -2.38. The van der Waals surface area contributed by atoms with Gasteiger partial charge in [-0.15, -0.1) is 0 Å². The first-order chi connectivity index (χ1) is 13.4. The van der Waals surface area contributed by atoms with Crippen LogP contribution >= 0.6 is 11.6 Å². The topological polar surface area (TPSA) is 59.4 Å². The summed E-state index contributed by atoms with van der Waals surface area (Å²) in [6.07, 6.45) is 0. The van der Waals surface area contributed by atoms with Gasteiger partial charge in [0.1, 0.15) is 5.82 Å². The maximum absolute atomic E-state index is 14.2. The summed E-state index contributed by atoms with van der Waals surface area (Å²) in [6, 6.07) is 11.6. The molecule has 1 heterocycles. The van der Waals surface area contributed by atoms with Crippen molar-refractivity contribution in [3.8, 4) is 6.07 Å². The minimum absolute atomic E-state index is 0.0941. The average molecular weight is 401 g/mol. The van der Waals surface area contributed by atoms with Crippen molar-refractivity contribution in [2.24, 2.45) is 0 Å². The van der Waals surface area contributed by atoms with Gasteiger partial charge in [0.2, 0.25) is 5.91 Å². The molecule has 1 aliphatic rings. The number of hydrogen-bond donors (Lipinski definition) is 1. The Morgan fingerprint density at radius 1 is 1.25 bits per heavy atom. The summed E-state index contributed by atoms with van der Waals surface area (Å²) in [5, 5.41) is 12.4. The molecule has 0 bridgehead atoms. The molecule has 1 amide bonds. The van der Waals surface area contributed by atoms with E-state index in [-0.39, 0.29) is 11.9 Å². The molecule has 5 nitrogen and oxygen atoms in total. The molecule has 146 valence electrons. The van der Waals surface area contributed by atoms with Crippen LogP contribution in [0.2, 0.25) is 5.02 Å². The zero-order valence-corrected chi connectivity index (χ0v) is 16.6. The van der Waals surface area contributed by atoms with Crippen LogP contribution < -0.4 is 10.2 Å². The van der Waals surface area contributed by atoms with E-state index in [2.05, 4.69) is 10.2 Å². The lowest BCUT2D eigenvalue weighted by Crippen LogP contribution is -2.53. The molecule has 1 atom stereocenters. The first kappa shape index (κ1) is 20.1. The van der Waals surface area contributed by atoms with E-state index in [1.807, 2.05) is 30.9 Å². The van der Waals surface area contributed by atoms with Crippen molar-refractivity contribution in [1.82, 2.24) is 4.90 Å². The van der Waals surface area contributed by atoms with Crippen LogP contribution in [-0.4, -0.2) is 43.0 Å². The van der Waals surface area contributed by atoms with Crippen LogP contribution in [0.3, 0.4) is 0 Å². The first-order valence-electron chi connectivity index (χ1n) is 9.15. The molecule has 0 aliphatic carbocycles. The van der Waals surface area contributed by atoms with Crippen LogP contribution in [0, 0.1) is 24.1 Å². The van der Waals surface area contributed by atoms with E-state index < -0.39 is 5.82 Å². The third-order valence-electron chi connectivity index (χ3n) is 5.18. The number of carbonyl (C=O) groups excluding carboxylic acids is 1. The van der Waals surface area contributed by atoms with Gasteiger partial charge in [-0.25, -0.2) is 4.39 Å². The summed E-state index contributed by atoms with van der Waals surface area (Å²) in [5.41, 5.74) is 2.35. The fraction of sp³-hybridized carbons (Fsp3) is 0.333. The Morgan fingerprint density at radius 3 is 2.61 bits per heavy atom. The second-order valence-corrected chi connectivity index (χ2v) is 7.29. The largest absolute Gasteiger partial charge is 0.367 e. The number of carbonyl (C=O) groups is 1. The molecule has 1 N–H and O–H groups in total. The van der Waals surface area contributed by atoms with Gasteiger partial charge < -0.3 is 10.2 Å². The number of hydrogen-bond acceptors (Lipinski definition) is 4. The van der Waals surface area contributed by atoms with Gasteiger partial charge in [0, 0.05) is 36.9 Å². The molecule has 1 unspecified atom stereocenters. The summed E-state index contributed by atoms with van der Waals surface area (Å²) in [5.74, 6) is -0.488. The van der Waals surface area contributed by atoms with Crippen molar-refractivity contribution in [3.05, 3.63) is 58.4 Å². The smallest absolute Gasteiger partial charge is 0.241 e. The minimum Gasteiger partial charge on any atom is -0.367 e. The maximum atomic E-state index is 14.2. The molecule has 0 aromatic heterocycles. The number of halogens is 2. The minimum atomic E-state index is -0.394. The van der Waals surface area contributed by atoms with Crippen molar-refractivity contribution >= 4 is 28.9 Å². The number of rotatable bonds is 4. The van der Waals surface area contributed by atoms with Crippen LogP contribution in [0.4, 0.5) is 15.8 Å². The second-order valence-electron chi connectivity index (χ2n) is 6.88. The van der Waals surface area contributed by atoms with E-state index >= 15 is 0 Å². The Labute approximate surface area is 169 Å². The number of anilines is 2. The molecule has 0 spiro atoms. The molecule has 2 aromatic rings. The SMILES string of the molecule is Cc1c(Cl)cccc1NC(=O)C(C)N1CCN(c2ccc(C#N)cc2F)CC1. The standard InChI is InChI=1S/C21H22ClFN4O/c1-14-17(22)4-3-5-19(14)25-21(28)15(2)26-8-10-27(11-9-26)20-7-6-16(13-24)12-18(20)23/h3-7,12,15H,8-11H2,1-2H3,(H,25,28). The first-order valence-corrected chi connectivity index (χ1v) is 9.53. The quantitative estimate of drug-likeness (QED) is 0.847. The van der Waals surface area contributed by atoms with Gasteiger partial charge >= 0.3 is 0 Å². The highest BCUT2D eigenvalue weighted by molar-refractivity contribution is 6.31. The van der Waals surface area contributed by atoms with E-state index in [4.69, 9.17) is 16.9 Å². The van der Waals surface area contributed by atoms with E-state index in [1.165, 1.54) is 6.07 Å². The van der Waals surface area contributed by atoms with Crippen molar-refractivity contribution in [1.29, 1.82) is 5.26 Å². The highest BCUT2D eigenvalue weighted by Gasteiger charge is 2.27. The molecule has 0 saturated carbocycles. The molecule has 1 saturated heterocycles. The van der Waals surface area contributed by atoms with Crippen molar-refractivity contribution < 1.29 is 9.18 Å². The summed E-state index contributed by atoms with van der Waals surface area (Å²) >= 11 is 6.12. The van der Waals surface area contributed by atoms with E-state index in [0.717, 1.165) is 5.56 Å². The van der Waals surface area contributed by atoms with Crippen LogP contribution in [0.15, 0.2) is 36.4 Å². The Balaban J connectivity index is 1.60. The molecule has 0 radical (unpaired) electrons. The van der Waals surface area contributed by atoms with Gasteiger partial charge in [-0.2, -0.15) is 5.26 Å². The Kier molecular flexibility index (Phi) is 6.18. The van der Waals surface area contributed by atoms with Gasteiger partial charge in [-0.3, -0.25) is 9.69 Å². The van der Waals surface area contributed by atoms with E-state index in [0.29, 0.717) is 48.1 Å². The number of nitrogens with one attached hydrogen (secondary N) is 1. The van der Waals surface area contributed by atoms with Crippen LogP contribution in [0.1, 0.15) is 18.1 Å². The Morgan fingerprint density at radius 2 is 1.96 bits per heavy atom. The fourth-order valence-corrected chi connectivity index (χ4v) is 3.50. The molecule has 2 aromatic carbocycles. The maximum Gasteiger partial charge on any atom is 0.241 e. The number of amides is 1. The lowest BCUT2D eigenvalue weighted by molar-refractivity contribution is -0.120. The third kappa shape index (κ3) is 4.27. The number of piperazine rings is 1. The van der Waals surface area contributed by atoms with E-state index in [9.17, 15) is 9.18 Å². The predicted octanol–water partition coefficient (Wildman–Crippen LogP) is 3.81. The predicted molar refractivity (Wildman–Crippen MR) is 109 cm³/mol. The molecule has 7 heteroatoms. The van der Waals surface area contributed by atoms with Crippen molar-refractivity contribution in [3.63, 3.8) is 0 Å². The normalized spacial score (nSPS) is 15.8. The lowest BCUT2D eigenvalue weighted by atomic mass is 10.1. The second kappa shape index (κ2) is 8.59. The third-order valence-corrected chi connectivity index (χ3v) is 5.59. The summed E-state index contributed by atoms with van der Waals surface area (Å²) in [4.78, 5) is 16.7. The summed E-state index contributed by atoms with van der Waals surface area (Å²) in [6.45, 7) is 6.24. The highest BCUT2D eigenvalue weighted by Crippen LogP contribution is 2.24. The van der Waals surface area contributed by atoms with Gasteiger partial charge in [0.25, 0.3) is 0 Å². The van der Waals surface area contributed by atoms with Gasteiger partial charge in [0.05, 0.1) is 23.4 Å². The van der Waals surface area contributed by atoms with Gasteiger partial charge in [-0.05, 0) is 49.7 Å². The zero-order valence-electron chi connectivity index (χ0n) is 15.9. The zero-order chi connectivity index (χ0) is 20.3. The molecule has 1 aliphatic heterocycles. The molecule has 3 rings (SSSR count). The van der Waals surface area contributed by atoms with Gasteiger partial charge in [-0.1, -0.05) is 17.7 Å². The molecular formula is C21H22ClFN4O. The average Bonchev–Trinajstić information content (AvgIpc) is 2.71. The fourth-order valence-electron chi connectivity index (χ4n) is 3.33. The van der Waals surface area contributed by atoms with Crippen LogP contribution in [0.25, 0.3) is 0 Å². The molecule has 1 fully saturated rings. The summed E-state index contributed by atoms with van der Waals surface area (Å²) < 4.78 is 14.2. The number of benzene rings is 2. The van der Waals surface area contributed by atoms with Crippen LogP contribution in [0.5, 0.6) is 0 Å². The number of nitriles is 1.